The van der Waals surface area contributed by atoms with Crippen molar-refractivity contribution in [2.24, 2.45) is 5.73 Å². The third kappa shape index (κ3) is 42.0. The van der Waals surface area contributed by atoms with Crippen LogP contribution in [0.2, 0.25) is 0 Å². The van der Waals surface area contributed by atoms with Gasteiger partial charge < -0.3 is 20.1 Å². The molecule has 0 aliphatic rings. The van der Waals surface area contributed by atoms with E-state index in [0.717, 1.165) is 44.9 Å². The Balaban J connectivity index is 4.01. The van der Waals surface area contributed by atoms with Crippen LogP contribution in [0.4, 0.5) is 0 Å². The molecule has 0 saturated carbocycles. The minimum atomic E-state index is -4.27. The Morgan fingerprint density at radius 2 is 0.944 bits per heavy atom. The van der Waals surface area contributed by atoms with E-state index in [1.54, 1.807) is 6.26 Å². The molecule has 0 heterocycles. The molecule has 0 aromatic heterocycles. The smallest absolute Gasteiger partial charge is 0.472 e. The number of nitrogens with two attached hydrogens (primary N) is 1. The number of unbranched alkanes of at least 4 members (excludes halogenated alkanes) is 29. The molecule has 9 heteroatoms. The summed E-state index contributed by atoms with van der Waals surface area (Å²) in [6.45, 7) is 4.23. The molecular weight excluding hydrogens is 697 g/mol. The highest BCUT2D eigenvalue weighted by Gasteiger charge is 2.24. The maximum Gasteiger partial charge on any atom is 0.472 e. The van der Waals surface area contributed by atoms with Crippen LogP contribution < -0.4 is 5.73 Å². The van der Waals surface area contributed by atoms with Crippen molar-refractivity contribution in [1.29, 1.82) is 0 Å². The maximum atomic E-state index is 12.4. The van der Waals surface area contributed by atoms with E-state index in [9.17, 15) is 14.3 Å². The molecule has 8 nitrogen and oxygen atoms in total. The van der Waals surface area contributed by atoms with Crippen molar-refractivity contribution in [3.8, 4) is 0 Å². The Morgan fingerprint density at radius 3 is 1.37 bits per heavy atom. The Bertz CT molecular complexity index is 884. The highest BCUT2D eigenvalue weighted by atomic mass is 31.2. The third-order valence-electron chi connectivity index (χ3n) is 9.96. The molecule has 0 saturated heterocycles. The summed E-state index contributed by atoms with van der Waals surface area (Å²) in [7, 11) is -4.27. The van der Waals surface area contributed by atoms with Gasteiger partial charge in [-0.25, -0.2) is 4.57 Å². The van der Waals surface area contributed by atoms with E-state index in [1.807, 2.05) is 6.08 Å². The number of carbonyl (C=O) groups excluding carboxylic acids is 1. The summed E-state index contributed by atoms with van der Waals surface area (Å²) in [4.78, 5) is 22.3. The fourth-order valence-electron chi connectivity index (χ4n) is 6.51. The van der Waals surface area contributed by atoms with Crippen LogP contribution in [0.15, 0.2) is 24.5 Å². The van der Waals surface area contributed by atoms with Gasteiger partial charge >= 0.3 is 13.8 Å². The van der Waals surface area contributed by atoms with Gasteiger partial charge in [0.1, 0.15) is 6.61 Å². The topological polar surface area (TPSA) is 117 Å². The lowest BCUT2D eigenvalue weighted by Crippen LogP contribution is -2.25. The highest BCUT2D eigenvalue weighted by Crippen LogP contribution is 2.43. The van der Waals surface area contributed by atoms with Crippen molar-refractivity contribution in [2.45, 2.75) is 232 Å². The molecule has 0 aliphatic carbocycles. The van der Waals surface area contributed by atoms with E-state index in [2.05, 4.69) is 26.0 Å². The Labute approximate surface area is 334 Å². The highest BCUT2D eigenvalue weighted by molar-refractivity contribution is 7.47. The lowest BCUT2D eigenvalue weighted by molar-refractivity contribution is -0.147. The second-order valence-electron chi connectivity index (χ2n) is 15.3. The minimum absolute atomic E-state index is 0.0639. The largest absolute Gasteiger partial charge is 0.492 e. The Hall–Kier alpha value is -1.18. The molecule has 0 rings (SSSR count). The van der Waals surface area contributed by atoms with E-state index in [0.29, 0.717) is 6.42 Å². The average Bonchev–Trinajstić information content (AvgIpc) is 3.16. The Kier molecular flexibility index (Phi) is 42.0. The van der Waals surface area contributed by atoms with Gasteiger partial charge in [0, 0.05) is 13.0 Å². The van der Waals surface area contributed by atoms with E-state index < -0.39 is 13.9 Å². The van der Waals surface area contributed by atoms with Crippen LogP contribution >= 0.6 is 7.82 Å². The van der Waals surface area contributed by atoms with Crippen LogP contribution in [0.3, 0.4) is 0 Å². The first-order chi connectivity index (χ1) is 26.4. The van der Waals surface area contributed by atoms with Gasteiger partial charge in [-0.05, 0) is 51.0 Å². The summed E-state index contributed by atoms with van der Waals surface area (Å²) >= 11 is 0. The Morgan fingerprint density at radius 1 is 0.556 bits per heavy atom. The van der Waals surface area contributed by atoms with Crippen molar-refractivity contribution in [3.05, 3.63) is 24.5 Å². The fourth-order valence-corrected chi connectivity index (χ4v) is 7.27. The van der Waals surface area contributed by atoms with Crippen molar-refractivity contribution in [2.75, 3.05) is 26.4 Å². The first kappa shape index (κ1) is 52.8. The molecule has 0 bridgehead atoms. The van der Waals surface area contributed by atoms with Gasteiger partial charge in [-0.1, -0.05) is 187 Å². The number of carbonyl (C=O) groups is 1. The van der Waals surface area contributed by atoms with Gasteiger partial charge in [0.25, 0.3) is 0 Å². The van der Waals surface area contributed by atoms with Gasteiger partial charge in [-0.2, -0.15) is 0 Å². The monoisotopic (exact) mass is 786 g/mol. The van der Waals surface area contributed by atoms with E-state index in [-0.39, 0.29) is 32.3 Å². The number of hydrogen-bond donors (Lipinski definition) is 2. The summed E-state index contributed by atoms with van der Waals surface area (Å²) in [5, 5.41) is 0. The number of hydrogen-bond acceptors (Lipinski definition) is 7. The maximum absolute atomic E-state index is 12.4. The normalized spacial score (nSPS) is 13.6. The first-order valence-electron chi connectivity index (χ1n) is 22.9. The van der Waals surface area contributed by atoms with Crippen LogP contribution in [0.25, 0.3) is 0 Å². The second kappa shape index (κ2) is 43.0. The number of ether oxygens (including phenoxy) is 2. The number of rotatable bonds is 44. The van der Waals surface area contributed by atoms with Gasteiger partial charge in [-0.3, -0.25) is 13.8 Å². The lowest BCUT2D eigenvalue weighted by Gasteiger charge is -2.19. The summed E-state index contributed by atoms with van der Waals surface area (Å²) < 4.78 is 33.2. The SMILES string of the molecule is CCCCCCCC/C=C\CCCCCC/C=C\O[C@H](COC(=O)CCCCCCCCCCCCCCCCCCCCC)COP(=O)(O)OCCN. The number of phosphoric ester groups is 1. The van der Waals surface area contributed by atoms with Crippen LogP contribution in [0.5, 0.6) is 0 Å². The van der Waals surface area contributed by atoms with Crippen LogP contribution in [0, 0.1) is 0 Å². The van der Waals surface area contributed by atoms with Gasteiger partial charge in [0.2, 0.25) is 0 Å². The van der Waals surface area contributed by atoms with Gasteiger partial charge in [0.15, 0.2) is 6.10 Å². The van der Waals surface area contributed by atoms with Crippen LogP contribution in [0.1, 0.15) is 226 Å². The zero-order valence-corrected chi connectivity index (χ0v) is 36.4. The van der Waals surface area contributed by atoms with Gasteiger partial charge in [-0.15, -0.1) is 0 Å². The quantitative estimate of drug-likeness (QED) is 0.0206. The molecule has 0 fully saturated rings. The fraction of sp³-hybridized carbons (Fsp3) is 0.889. The molecular formula is C45H88NO7P. The van der Waals surface area contributed by atoms with Crippen molar-refractivity contribution in [1.82, 2.24) is 0 Å². The van der Waals surface area contributed by atoms with Crippen LogP contribution in [-0.2, 0) is 27.9 Å². The molecule has 2 atom stereocenters. The molecule has 1 unspecified atom stereocenters. The van der Waals surface area contributed by atoms with E-state index in [4.69, 9.17) is 24.3 Å². The van der Waals surface area contributed by atoms with Crippen LogP contribution in [-0.4, -0.2) is 43.3 Å². The number of allylic oxidation sites excluding steroid dienone is 3. The summed E-state index contributed by atoms with van der Waals surface area (Å²) in [5.74, 6) is -0.289. The standard InChI is InChI=1S/C45H88NO7P/c1-3-5-7-9-11-13-15-17-19-21-22-23-24-26-28-30-32-34-36-38-45(47)51-42-44(43-53-54(48,49)52-41-39-46)50-40-37-35-33-31-29-27-25-20-18-16-14-12-10-8-6-4-2/h18,20,37,40,44H,3-17,19,21-36,38-39,41-43,46H2,1-2H3,(H,48,49)/b20-18-,40-37-/t44-/m1/s1. The molecule has 3 N–H and O–H groups in total. The average molecular weight is 786 g/mol. The molecule has 0 amide bonds. The number of esters is 1. The van der Waals surface area contributed by atoms with Crippen molar-refractivity contribution in [3.63, 3.8) is 0 Å². The zero-order chi connectivity index (χ0) is 39.5. The first-order valence-corrected chi connectivity index (χ1v) is 24.4. The predicted octanol–water partition coefficient (Wildman–Crippen LogP) is 14.0. The van der Waals surface area contributed by atoms with Crippen molar-refractivity contribution >= 4 is 13.8 Å². The third-order valence-corrected chi connectivity index (χ3v) is 10.9. The molecule has 320 valence electrons. The van der Waals surface area contributed by atoms with Crippen molar-refractivity contribution < 1.29 is 32.8 Å². The molecule has 54 heavy (non-hydrogen) atoms. The molecule has 0 aromatic carbocycles. The summed E-state index contributed by atoms with van der Waals surface area (Å²) in [6.07, 6.45) is 48.7. The zero-order valence-electron chi connectivity index (χ0n) is 35.5. The lowest BCUT2D eigenvalue weighted by atomic mass is 10.0. The van der Waals surface area contributed by atoms with Gasteiger partial charge in [0.05, 0.1) is 19.5 Å². The predicted molar refractivity (Wildman–Crippen MR) is 229 cm³/mol. The number of phosphoric acid groups is 1. The minimum Gasteiger partial charge on any atom is -0.492 e. The van der Waals surface area contributed by atoms with E-state index in [1.165, 1.54) is 161 Å². The summed E-state index contributed by atoms with van der Waals surface area (Å²) in [6, 6.07) is 0. The molecule has 0 aliphatic heterocycles. The molecule has 0 radical (unpaired) electrons. The summed E-state index contributed by atoms with van der Waals surface area (Å²) in [5.41, 5.74) is 5.37. The molecule has 0 aromatic rings. The van der Waals surface area contributed by atoms with E-state index >= 15 is 0 Å². The molecule has 0 spiro atoms. The second-order valence-corrected chi connectivity index (χ2v) is 16.8.